The molecule has 2 unspecified atom stereocenters. The molecular formula is C14H27NO3. The zero-order chi connectivity index (χ0) is 13.2. The lowest BCUT2D eigenvalue weighted by Gasteiger charge is -2.12. The Hall–Kier alpha value is -0.610. The molecule has 1 aliphatic heterocycles. The standard InChI is InChI=1S/C14H27NO3/c1-2-3-4-5-6-7-10-15-11-12-8-9-13(18-12)14(16)17/h12-13,15H,2-11H2,1H3,(H,16,17). The van der Waals surface area contributed by atoms with E-state index in [1.165, 1.54) is 38.5 Å². The Balaban J connectivity index is 1.88. The molecule has 2 atom stereocenters. The second-order valence-electron chi connectivity index (χ2n) is 5.13. The van der Waals surface area contributed by atoms with Gasteiger partial charge in [-0.05, 0) is 25.8 Å². The lowest BCUT2D eigenvalue weighted by molar-refractivity contribution is -0.149. The SMILES string of the molecule is CCCCCCCCNCC1CCC(C(=O)O)O1. The molecule has 0 aromatic carbocycles. The molecule has 1 aliphatic rings. The quantitative estimate of drug-likeness (QED) is 0.591. The lowest BCUT2D eigenvalue weighted by Crippen LogP contribution is -2.29. The second kappa shape index (κ2) is 9.34. The van der Waals surface area contributed by atoms with E-state index in [0.717, 1.165) is 19.5 Å². The van der Waals surface area contributed by atoms with Crippen LogP contribution in [0.1, 0.15) is 58.3 Å². The van der Waals surface area contributed by atoms with Crippen molar-refractivity contribution in [2.75, 3.05) is 13.1 Å². The molecule has 4 nitrogen and oxygen atoms in total. The molecule has 2 N–H and O–H groups in total. The number of carboxylic acids is 1. The second-order valence-corrected chi connectivity index (χ2v) is 5.13. The topological polar surface area (TPSA) is 58.6 Å². The van der Waals surface area contributed by atoms with Crippen LogP contribution in [0.25, 0.3) is 0 Å². The minimum Gasteiger partial charge on any atom is -0.479 e. The first-order valence-electron chi connectivity index (χ1n) is 7.33. The summed E-state index contributed by atoms with van der Waals surface area (Å²) in [5.41, 5.74) is 0. The van der Waals surface area contributed by atoms with Gasteiger partial charge < -0.3 is 15.2 Å². The monoisotopic (exact) mass is 257 g/mol. The molecule has 0 bridgehead atoms. The van der Waals surface area contributed by atoms with E-state index in [-0.39, 0.29) is 6.10 Å². The molecule has 0 saturated carbocycles. The van der Waals surface area contributed by atoms with E-state index in [9.17, 15) is 4.79 Å². The van der Waals surface area contributed by atoms with Gasteiger partial charge in [0.2, 0.25) is 0 Å². The molecule has 0 amide bonds. The number of hydrogen-bond donors (Lipinski definition) is 2. The van der Waals surface area contributed by atoms with E-state index in [4.69, 9.17) is 9.84 Å². The zero-order valence-corrected chi connectivity index (χ0v) is 11.5. The van der Waals surface area contributed by atoms with Crippen molar-refractivity contribution in [1.82, 2.24) is 5.32 Å². The first kappa shape index (κ1) is 15.4. The van der Waals surface area contributed by atoms with Crippen LogP contribution in [-0.4, -0.2) is 36.4 Å². The Bertz CT molecular complexity index is 233. The number of ether oxygens (including phenoxy) is 1. The van der Waals surface area contributed by atoms with Gasteiger partial charge in [0.1, 0.15) is 0 Å². The van der Waals surface area contributed by atoms with Crippen molar-refractivity contribution in [3.8, 4) is 0 Å². The van der Waals surface area contributed by atoms with Crippen LogP contribution >= 0.6 is 0 Å². The molecule has 4 heteroatoms. The third kappa shape index (κ3) is 6.36. The van der Waals surface area contributed by atoms with Gasteiger partial charge in [-0.1, -0.05) is 39.0 Å². The highest BCUT2D eigenvalue weighted by Crippen LogP contribution is 2.19. The molecule has 0 aromatic rings. The molecule has 1 fully saturated rings. The maximum Gasteiger partial charge on any atom is 0.332 e. The molecule has 0 aliphatic carbocycles. The Morgan fingerprint density at radius 2 is 1.94 bits per heavy atom. The van der Waals surface area contributed by atoms with Crippen molar-refractivity contribution in [3.63, 3.8) is 0 Å². The summed E-state index contributed by atoms with van der Waals surface area (Å²) in [5.74, 6) is -0.826. The predicted molar refractivity (Wildman–Crippen MR) is 71.8 cm³/mol. The van der Waals surface area contributed by atoms with Crippen molar-refractivity contribution < 1.29 is 14.6 Å². The largest absolute Gasteiger partial charge is 0.479 e. The van der Waals surface area contributed by atoms with Crippen LogP contribution in [0.2, 0.25) is 0 Å². The summed E-state index contributed by atoms with van der Waals surface area (Å²) in [7, 11) is 0. The van der Waals surface area contributed by atoms with E-state index in [1.54, 1.807) is 0 Å². The van der Waals surface area contributed by atoms with Crippen molar-refractivity contribution in [1.29, 1.82) is 0 Å². The van der Waals surface area contributed by atoms with Crippen molar-refractivity contribution in [3.05, 3.63) is 0 Å². The number of nitrogens with one attached hydrogen (secondary N) is 1. The molecule has 0 radical (unpaired) electrons. The molecule has 1 heterocycles. The van der Waals surface area contributed by atoms with E-state index in [0.29, 0.717) is 6.42 Å². The minimum atomic E-state index is -0.826. The van der Waals surface area contributed by atoms with Gasteiger partial charge in [0.15, 0.2) is 6.10 Å². The average molecular weight is 257 g/mol. The van der Waals surface area contributed by atoms with Crippen LogP contribution in [0.4, 0.5) is 0 Å². The molecule has 1 rings (SSSR count). The fourth-order valence-electron chi connectivity index (χ4n) is 2.33. The van der Waals surface area contributed by atoms with E-state index < -0.39 is 12.1 Å². The van der Waals surface area contributed by atoms with E-state index in [2.05, 4.69) is 12.2 Å². The van der Waals surface area contributed by atoms with Gasteiger partial charge in [0.05, 0.1) is 6.10 Å². The van der Waals surface area contributed by atoms with Crippen LogP contribution in [0.15, 0.2) is 0 Å². The Labute approximate surface area is 110 Å². The van der Waals surface area contributed by atoms with Crippen LogP contribution in [0.5, 0.6) is 0 Å². The number of carbonyl (C=O) groups is 1. The van der Waals surface area contributed by atoms with Crippen LogP contribution < -0.4 is 5.32 Å². The maximum absolute atomic E-state index is 10.7. The fraction of sp³-hybridized carbons (Fsp3) is 0.929. The number of rotatable bonds is 10. The molecular weight excluding hydrogens is 230 g/mol. The molecule has 0 aromatic heterocycles. The zero-order valence-electron chi connectivity index (χ0n) is 11.5. The summed E-state index contributed by atoms with van der Waals surface area (Å²) in [6.45, 7) is 4.04. The van der Waals surface area contributed by atoms with Crippen molar-refractivity contribution in [2.45, 2.75) is 70.5 Å². The minimum absolute atomic E-state index is 0.0891. The highest BCUT2D eigenvalue weighted by Gasteiger charge is 2.29. The molecule has 106 valence electrons. The molecule has 0 spiro atoms. The number of carboxylic acid groups (broad SMARTS) is 1. The lowest BCUT2D eigenvalue weighted by atomic mass is 10.1. The Morgan fingerprint density at radius 3 is 2.61 bits per heavy atom. The van der Waals surface area contributed by atoms with Crippen LogP contribution in [0, 0.1) is 0 Å². The summed E-state index contributed by atoms with van der Waals surface area (Å²) in [4.78, 5) is 10.7. The summed E-state index contributed by atoms with van der Waals surface area (Å²) < 4.78 is 5.42. The van der Waals surface area contributed by atoms with Gasteiger partial charge in [0.25, 0.3) is 0 Å². The van der Waals surface area contributed by atoms with E-state index in [1.807, 2.05) is 0 Å². The first-order valence-corrected chi connectivity index (χ1v) is 7.33. The van der Waals surface area contributed by atoms with Gasteiger partial charge in [-0.25, -0.2) is 4.79 Å². The molecule has 1 saturated heterocycles. The highest BCUT2D eigenvalue weighted by molar-refractivity contribution is 5.72. The third-order valence-electron chi connectivity index (χ3n) is 3.46. The Kier molecular flexibility index (Phi) is 8.01. The normalized spacial score (nSPS) is 23.4. The van der Waals surface area contributed by atoms with Crippen molar-refractivity contribution >= 4 is 5.97 Å². The predicted octanol–water partition coefficient (Wildman–Crippen LogP) is 2.57. The van der Waals surface area contributed by atoms with Gasteiger partial charge in [-0.15, -0.1) is 0 Å². The summed E-state index contributed by atoms with van der Waals surface area (Å²) in [5, 5.41) is 12.2. The van der Waals surface area contributed by atoms with E-state index >= 15 is 0 Å². The van der Waals surface area contributed by atoms with Crippen molar-refractivity contribution in [2.24, 2.45) is 0 Å². The molecule has 18 heavy (non-hydrogen) atoms. The first-order chi connectivity index (χ1) is 8.74. The third-order valence-corrected chi connectivity index (χ3v) is 3.46. The van der Waals surface area contributed by atoms with Crippen LogP contribution in [0.3, 0.4) is 0 Å². The highest BCUT2D eigenvalue weighted by atomic mass is 16.5. The maximum atomic E-state index is 10.7. The van der Waals surface area contributed by atoms with Gasteiger partial charge >= 0.3 is 5.97 Å². The van der Waals surface area contributed by atoms with Gasteiger partial charge in [-0.2, -0.15) is 0 Å². The summed E-state index contributed by atoms with van der Waals surface area (Å²) >= 11 is 0. The smallest absolute Gasteiger partial charge is 0.332 e. The summed E-state index contributed by atoms with van der Waals surface area (Å²) in [6.07, 6.45) is 8.84. The number of unbranched alkanes of at least 4 members (excludes halogenated alkanes) is 5. The fourth-order valence-corrected chi connectivity index (χ4v) is 2.33. The van der Waals surface area contributed by atoms with Crippen LogP contribution in [-0.2, 0) is 9.53 Å². The number of aliphatic carboxylic acids is 1. The average Bonchev–Trinajstić information content (AvgIpc) is 2.81. The van der Waals surface area contributed by atoms with Gasteiger partial charge in [0, 0.05) is 6.54 Å². The Morgan fingerprint density at radius 1 is 1.22 bits per heavy atom. The number of hydrogen-bond acceptors (Lipinski definition) is 3. The summed E-state index contributed by atoms with van der Waals surface area (Å²) in [6, 6.07) is 0. The van der Waals surface area contributed by atoms with Gasteiger partial charge in [-0.3, -0.25) is 0 Å².